The molecule has 7 nitrogen and oxygen atoms in total. The van der Waals surface area contributed by atoms with E-state index in [2.05, 4.69) is 25.8 Å². The Morgan fingerprint density at radius 3 is 2.41 bits per heavy atom. The third-order valence-corrected chi connectivity index (χ3v) is 4.77. The summed E-state index contributed by atoms with van der Waals surface area (Å²) in [7, 11) is 0. The Morgan fingerprint density at radius 1 is 1.07 bits per heavy atom. The molecule has 1 aromatic heterocycles. The van der Waals surface area contributed by atoms with Gasteiger partial charge in [0.1, 0.15) is 5.25 Å². The van der Waals surface area contributed by atoms with E-state index in [4.69, 9.17) is 0 Å². The molecule has 0 bridgehead atoms. The van der Waals surface area contributed by atoms with Crippen LogP contribution in [0.15, 0.2) is 65.8 Å². The van der Waals surface area contributed by atoms with Crippen LogP contribution in [-0.2, 0) is 4.79 Å². The first kappa shape index (κ1) is 18.7. The van der Waals surface area contributed by atoms with E-state index in [1.54, 1.807) is 6.92 Å². The number of rotatable bonds is 6. The second-order valence-corrected chi connectivity index (χ2v) is 6.66. The Kier molecular flexibility index (Phi) is 6.22. The zero-order valence-electron chi connectivity index (χ0n) is 14.7. The third kappa shape index (κ3) is 4.95. The standard InChI is InChI=1S/C19H19N5O2S/c1-2-20-18(26)22-17(25)15(13-9-5-3-6-10-13)27-19-21-16(23-24-19)14-11-7-4-8-12-14/h3-12,15H,2H2,1H3,(H,21,23,24)(H2,20,22,25,26)/t15-/m0/s1. The topological polar surface area (TPSA) is 99.8 Å². The maximum absolute atomic E-state index is 12.7. The number of hydrogen-bond donors (Lipinski definition) is 3. The largest absolute Gasteiger partial charge is 0.338 e. The molecule has 0 unspecified atom stereocenters. The summed E-state index contributed by atoms with van der Waals surface area (Å²) in [6.45, 7) is 2.22. The summed E-state index contributed by atoms with van der Waals surface area (Å²) in [5.74, 6) is 0.192. The molecule has 1 atom stereocenters. The van der Waals surface area contributed by atoms with Gasteiger partial charge in [0, 0.05) is 12.1 Å². The van der Waals surface area contributed by atoms with Gasteiger partial charge in [-0.05, 0) is 12.5 Å². The molecule has 0 aliphatic heterocycles. The highest BCUT2D eigenvalue weighted by Crippen LogP contribution is 2.34. The molecule has 27 heavy (non-hydrogen) atoms. The van der Waals surface area contributed by atoms with E-state index in [0.29, 0.717) is 17.5 Å². The third-order valence-electron chi connectivity index (χ3n) is 3.65. The first-order valence-corrected chi connectivity index (χ1v) is 9.33. The summed E-state index contributed by atoms with van der Waals surface area (Å²) in [6, 6.07) is 18.3. The Hall–Kier alpha value is -3.13. The Balaban J connectivity index is 1.81. The van der Waals surface area contributed by atoms with Gasteiger partial charge in [0.05, 0.1) is 0 Å². The number of nitrogens with one attached hydrogen (secondary N) is 3. The molecule has 2 aromatic carbocycles. The molecule has 3 N–H and O–H groups in total. The van der Waals surface area contributed by atoms with Crippen LogP contribution in [0.5, 0.6) is 0 Å². The predicted molar refractivity (Wildman–Crippen MR) is 104 cm³/mol. The average Bonchev–Trinajstić information content (AvgIpc) is 3.16. The maximum Gasteiger partial charge on any atom is 0.321 e. The van der Waals surface area contributed by atoms with Crippen LogP contribution in [0.4, 0.5) is 4.79 Å². The fraction of sp³-hybridized carbons (Fsp3) is 0.158. The molecule has 0 fully saturated rings. The van der Waals surface area contributed by atoms with E-state index < -0.39 is 17.2 Å². The van der Waals surface area contributed by atoms with E-state index in [1.807, 2.05) is 60.7 Å². The van der Waals surface area contributed by atoms with Crippen LogP contribution in [-0.4, -0.2) is 33.7 Å². The highest BCUT2D eigenvalue weighted by molar-refractivity contribution is 8.00. The number of thioether (sulfide) groups is 1. The van der Waals surface area contributed by atoms with Crippen LogP contribution in [0.1, 0.15) is 17.7 Å². The number of benzene rings is 2. The van der Waals surface area contributed by atoms with Crippen molar-refractivity contribution in [1.29, 1.82) is 0 Å². The van der Waals surface area contributed by atoms with Gasteiger partial charge in [0.25, 0.3) is 0 Å². The van der Waals surface area contributed by atoms with Crippen LogP contribution in [0.3, 0.4) is 0 Å². The van der Waals surface area contributed by atoms with Gasteiger partial charge < -0.3 is 5.32 Å². The van der Waals surface area contributed by atoms with Gasteiger partial charge in [-0.2, -0.15) is 0 Å². The number of carbonyl (C=O) groups is 2. The number of urea groups is 1. The summed E-state index contributed by atoms with van der Waals surface area (Å²) in [6.07, 6.45) is 0. The average molecular weight is 381 g/mol. The van der Waals surface area contributed by atoms with Crippen LogP contribution in [0.25, 0.3) is 11.4 Å². The number of carbonyl (C=O) groups excluding carboxylic acids is 2. The van der Waals surface area contributed by atoms with Crippen molar-refractivity contribution >= 4 is 23.7 Å². The highest BCUT2D eigenvalue weighted by atomic mass is 32.2. The molecule has 138 valence electrons. The summed E-state index contributed by atoms with van der Waals surface area (Å²) in [4.78, 5) is 28.9. The number of H-pyrrole nitrogens is 1. The van der Waals surface area contributed by atoms with E-state index in [0.717, 1.165) is 11.1 Å². The fourth-order valence-corrected chi connectivity index (χ4v) is 3.32. The first-order valence-electron chi connectivity index (χ1n) is 8.45. The van der Waals surface area contributed by atoms with Crippen molar-refractivity contribution in [3.8, 4) is 11.4 Å². The second kappa shape index (κ2) is 9.00. The molecule has 0 spiro atoms. The lowest BCUT2D eigenvalue weighted by Crippen LogP contribution is -2.41. The minimum Gasteiger partial charge on any atom is -0.338 e. The summed E-state index contributed by atoms with van der Waals surface area (Å²) in [5.41, 5.74) is 1.66. The molecular formula is C19H19N5O2S. The van der Waals surface area contributed by atoms with Crippen molar-refractivity contribution in [2.24, 2.45) is 0 Å². The Labute approximate surface area is 161 Å². The smallest absolute Gasteiger partial charge is 0.321 e. The molecule has 0 radical (unpaired) electrons. The van der Waals surface area contributed by atoms with E-state index in [-0.39, 0.29) is 0 Å². The Morgan fingerprint density at radius 2 is 1.74 bits per heavy atom. The molecule has 3 rings (SSSR count). The SMILES string of the molecule is CCNC(=O)NC(=O)[C@@H](Sc1n[nH]c(-c2ccccc2)n1)c1ccccc1. The van der Waals surface area contributed by atoms with Gasteiger partial charge in [-0.15, -0.1) is 5.10 Å². The summed E-state index contributed by atoms with van der Waals surface area (Å²) < 4.78 is 0. The normalized spacial score (nSPS) is 11.6. The van der Waals surface area contributed by atoms with Crippen LogP contribution in [0, 0.1) is 0 Å². The van der Waals surface area contributed by atoms with Crippen molar-refractivity contribution in [1.82, 2.24) is 25.8 Å². The number of aromatic amines is 1. The molecule has 0 aliphatic carbocycles. The minimum absolute atomic E-state index is 0.425. The number of hydrogen-bond acceptors (Lipinski definition) is 5. The molecule has 3 aromatic rings. The molecule has 0 aliphatic rings. The van der Waals surface area contributed by atoms with Gasteiger partial charge in [-0.1, -0.05) is 72.4 Å². The first-order chi connectivity index (χ1) is 13.2. The molecule has 0 saturated carbocycles. The lowest BCUT2D eigenvalue weighted by molar-refractivity contribution is -0.119. The minimum atomic E-state index is -0.659. The zero-order chi connectivity index (χ0) is 19.1. The van der Waals surface area contributed by atoms with Gasteiger partial charge in [0.2, 0.25) is 11.1 Å². The molecular weight excluding hydrogens is 362 g/mol. The maximum atomic E-state index is 12.7. The highest BCUT2D eigenvalue weighted by Gasteiger charge is 2.25. The van der Waals surface area contributed by atoms with Crippen molar-refractivity contribution < 1.29 is 9.59 Å². The number of aromatic nitrogens is 3. The fourth-order valence-electron chi connectivity index (χ4n) is 2.41. The lowest BCUT2D eigenvalue weighted by Gasteiger charge is -2.14. The quantitative estimate of drug-likeness (QED) is 0.570. The van der Waals surface area contributed by atoms with Crippen LogP contribution in [0.2, 0.25) is 0 Å². The van der Waals surface area contributed by atoms with Crippen molar-refractivity contribution in [2.75, 3.05) is 6.54 Å². The van der Waals surface area contributed by atoms with Crippen LogP contribution < -0.4 is 10.6 Å². The predicted octanol–water partition coefficient (Wildman–Crippen LogP) is 3.15. The van der Waals surface area contributed by atoms with Gasteiger partial charge in [0.15, 0.2) is 5.82 Å². The van der Waals surface area contributed by atoms with Gasteiger partial charge >= 0.3 is 6.03 Å². The van der Waals surface area contributed by atoms with Crippen LogP contribution >= 0.6 is 11.8 Å². The molecule has 3 amide bonds. The monoisotopic (exact) mass is 381 g/mol. The van der Waals surface area contributed by atoms with Crippen molar-refractivity contribution in [3.05, 3.63) is 66.2 Å². The second-order valence-electron chi connectivity index (χ2n) is 5.59. The van der Waals surface area contributed by atoms with Crippen molar-refractivity contribution in [3.63, 3.8) is 0 Å². The molecule has 1 heterocycles. The molecule has 8 heteroatoms. The number of nitrogens with zero attached hydrogens (tertiary/aromatic N) is 2. The van der Waals surface area contributed by atoms with E-state index >= 15 is 0 Å². The zero-order valence-corrected chi connectivity index (χ0v) is 15.5. The summed E-state index contributed by atoms with van der Waals surface area (Å²) >= 11 is 1.18. The Bertz CT molecular complexity index is 899. The van der Waals surface area contributed by atoms with Gasteiger partial charge in [-0.25, -0.2) is 9.78 Å². The number of amides is 3. The van der Waals surface area contributed by atoms with Gasteiger partial charge in [-0.3, -0.25) is 15.2 Å². The number of imide groups is 1. The summed E-state index contributed by atoms with van der Waals surface area (Å²) in [5, 5.41) is 11.8. The van der Waals surface area contributed by atoms with E-state index in [1.165, 1.54) is 11.8 Å². The van der Waals surface area contributed by atoms with Crippen molar-refractivity contribution in [2.45, 2.75) is 17.3 Å². The molecule has 0 saturated heterocycles. The lowest BCUT2D eigenvalue weighted by atomic mass is 10.1. The van der Waals surface area contributed by atoms with E-state index in [9.17, 15) is 9.59 Å².